The molecule has 0 radical (unpaired) electrons. The lowest BCUT2D eigenvalue weighted by molar-refractivity contribution is -0.201. The maximum atomic E-state index is 12.9. The van der Waals surface area contributed by atoms with Gasteiger partial charge in [0.1, 0.15) is 0 Å². The van der Waals surface area contributed by atoms with Crippen LogP contribution in [-0.2, 0) is 16.1 Å². The Morgan fingerprint density at radius 3 is 1.88 bits per heavy atom. The van der Waals surface area contributed by atoms with Crippen LogP contribution in [0.1, 0.15) is 49.7 Å². The van der Waals surface area contributed by atoms with Crippen molar-refractivity contribution in [2.24, 2.45) is 22.3 Å². The summed E-state index contributed by atoms with van der Waals surface area (Å²) in [6.07, 6.45) is 7.00. The first-order valence-corrected chi connectivity index (χ1v) is 11.4. The first kappa shape index (κ1) is 20.9. The standard InChI is InChI=1S/C26H30N4O2/c27-13-17-1-9-21(10-2-17)29-23(31)25-14-26(15-25,16-25)24(32)30-22-11-5-19(6-12-22)18-3-7-20(28)8-4-18/h1-3,5-6,9-12,20H,4,7-8,13-16,27-28H2,(H,29,31)(H,30,32). The maximum Gasteiger partial charge on any atom is 0.230 e. The van der Waals surface area contributed by atoms with Crippen LogP contribution in [0.25, 0.3) is 5.57 Å². The van der Waals surface area contributed by atoms with Gasteiger partial charge in [0.15, 0.2) is 0 Å². The molecule has 6 rings (SSSR count). The van der Waals surface area contributed by atoms with Crippen molar-refractivity contribution >= 4 is 28.8 Å². The number of hydrogen-bond acceptors (Lipinski definition) is 4. The molecular weight excluding hydrogens is 400 g/mol. The molecule has 3 saturated carbocycles. The number of carbonyl (C=O) groups excluding carboxylic acids is 2. The normalized spacial score (nSPS) is 28.1. The van der Waals surface area contributed by atoms with E-state index < -0.39 is 10.8 Å². The first-order chi connectivity index (χ1) is 15.4. The van der Waals surface area contributed by atoms with Crippen LogP contribution < -0.4 is 22.1 Å². The van der Waals surface area contributed by atoms with E-state index in [1.54, 1.807) is 0 Å². The number of benzene rings is 2. The lowest BCUT2D eigenvalue weighted by atomic mass is 9.34. The second-order valence-electron chi connectivity index (χ2n) is 9.74. The van der Waals surface area contributed by atoms with Gasteiger partial charge in [-0.25, -0.2) is 0 Å². The lowest BCUT2D eigenvalue weighted by Gasteiger charge is -2.67. The van der Waals surface area contributed by atoms with Gasteiger partial charge in [-0.15, -0.1) is 0 Å². The lowest BCUT2D eigenvalue weighted by Crippen LogP contribution is -2.70. The predicted octanol–water partition coefficient (Wildman–Crippen LogP) is 3.79. The third-order valence-corrected chi connectivity index (χ3v) is 7.41. The van der Waals surface area contributed by atoms with Crippen LogP contribution in [-0.4, -0.2) is 17.9 Å². The molecule has 4 aliphatic carbocycles. The zero-order valence-corrected chi connectivity index (χ0v) is 18.2. The van der Waals surface area contributed by atoms with E-state index in [0.29, 0.717) is 25.8 Å². The van der Waals surface area contributed by atoms with E-state index in [9.17, 15) is 9.59 Å². The highest BCUT2D eigenvalue weighted by atomic mass is 16.2. The minimum atomic E-state index is -0.401. The summed E-state index contributed by atoms with van der Waals surface area (Å²) in [6.45, 7) is 0.477. The molecule has 0 heterocycles. The monoisotopic (exact) mass is 430 g/mol. The highest BCUT2D eigenvalue weighted by molar-refractivity contribution is 6.05. The molecule has 1 atom stereocenters. The zero-order valence-electron chi connectivity index (χ0n) is 18.2. The van der Waals surface area contributed by atoms with Gasteiger partial charge in [0.05, 0.1) is 10.8 Å². The molecule has 2 bridgehead atoms. The summed E-state index contributed by atoms with van der Waals surface area (Å²) in [5.74, 6) is 0.0348. The first-order valence-electron chi connectivity index (χ1n) is 11.4. The molecular formula is C26H30N4O2. The van der Waals surface area contributed by atoms with Crippen molar-refractivity contribution in [1.29, 1.82) is 0 Å². The van der Waals surface area contributed by atoms with Crippen LogP contribution in [0, 0.1) is 10.8 Å². The van der Waals surface area contributed by atoms with E-state index >= 15 is 0 Å². The van der Waals surface area contributed by atoms with Crippen LogP contribution in [0.5, 0.6) is 0 Å². The Bertz CT molecular complexity index is 1050. The molecule has 1 unspecified atom stereocenters. The van der Waals surface area contributed by atoms with Gasteiger partial charge in [-0.1, -0.05) is 30.3 Å². The number of hydrogen-bond donors (Lipinski definition) is 4. The summed E-state index contributed by atoms with van der Waals surface area (Å²) >= 11 is 0. The fourth-order valence-corrected chi connectivity index (χ4v) is 5.41. The molecule has 2 amide bonds. The predicted molar refractivity (Wildman–Crippen MR) is 127 cm³/mol. The van der Waals surface area contributed by atoms with E-state index in [2.05, 4.69) is 28.8 Å². The number of carbonyl (C=O) groups is 2. The van der Waals surface area contributed by atoms with Crippen molar-refractivity contribution in [3.63, 3.8) is 0 Å². The van der Waals surface area contributed by atoms with Gasteiger partial charge in [0.2, 0.25) is 11.8 Å². The van der Waals surface area contributed by atoms with E-state index in [1.165, 1.54) is 11.1 Å². The van der Waals surface area contributed by atoms with Crippen molar-refractivity contribution in [1.82, 2.24) is 0 Å². The average Bonchev–Trinajstić information content (AvgIpc) is 2.73. The van der Waals surface area contributed by atoms with Crippen molar-refractivity contribution < 1.29 is 9.59 Å². The Morgan fingerprint density at radius 2 is 1.41 bits per heavy atom. The molecule has 6 nitrogen and oxygen atoms in total. The quantitative estimate of drug-likeness (QED) is 0.559. The van der Waals surface area contributed by atoms with Crippen LogP contribution in [0.4, 0.5) is 11.4 Å². The highest BCUT2D eigenvalue weighted by Gasteiger charge is 2.74. The SMILES string of the molecule is NCc1ccc(NC(=O)C23CC(C(=O)Nc4ccc(C5=CCC(N)CC5)cc4)(C2)C3)cc1. The van der Waals surface area contributed by atoms with Gasteiger partial charge in [-0.05, 0) is 79.5 Å². The zero-order chi connectivity index (χ0) is 22.3. The molecule has 0 aliphatic heterocycles. The molecule has 32 heavy (non-hydrogen) atoms. The summed E-state index contributed by atoms with van der Waals surface area (Å²) in [5, 5.41) is 6.05. The topological polar surface area (TPSA) is 110 Å². The Balaban J connectivity index is 1.15. The van der Waals surface area contributed by atoms with E-state index in [0.717, 1.165) is 36.2 Å². The Morgan fingerprint density at radius 1 is 0.875 bits per heavy atom. The van der Waals surface area contributed by atoms with Gasteiger partial charge in [-0.3, -0.25) is 9.59 Å². The molecule has 6 heteroatoms. The number of anilines is 2. The summed E-state index contributed by atoms with van der Waals surface area (Å²) < 4.78 is 0. The maximum absolute atomic E-state index is 12.9. The Hall–Kier alpha value is -2.96. The number of rotatable bonds is 6. The smallest absolute Gasteiger partial charge is 0.230 e. The summed E-state index contributed by atoms with van der Waals surface area (Å²) in [5.41, 5.74) is 15.9. The Labute approximate surface area is 188 Å². The van der Waals surface area contributed by atoms with Crippen molar-refractivity contribution in [3.8, 4) is 0 Å². The third-order valence-electron chi connectivity index (χ3n) is 7.41. The molecule has 3 fully saturated rings. The second-order valence-corrected chi connectivity index (χ2v) is 9.74. The summed E-state index contributed by atoms with van der Waals surface area (Å²) in [7, 11) is 0. The van der Waals surface area contributed by atoms with Crippen LogP contribution in [0.15, 0.2) is 54.6 Å². The van der Waals surface area contributed by atoms with Gasteiger partial charge in [0.25, 0.3) is 0 Å². The number of nitrogens with two attached hydrogens (primary N) is 2. The van der Waals surface area contributed by atoms with Crippen molar-refractivity contribution in [2.75, 3.05) is 10.6 Å². The minimum absolute atomic E-state index is 0.0116. The Kier molecular flexibility index (Phi) is 5.14. The van der Waals surface area contributed by atoms with E-state index in [-0.39, 0.29) is 17.9 Å². The molecule has 4 aliphatic rings. The van der Waals surface area contributed by atoms with Crippen molar-refractivity contribution in [3.05, 3.63) is 65.7 Å². The van der Waals surface area contributed by atoms with E-state index in [4.69, 9.17) is 11.5 Å². The van der Waals surface area contributed by atoms with Crippen LogP contribution in [0.3, 0.4) is 0 Å². The van der Waals surface area contributed by atoms with E-state index in [1.807, 2.05) is 36.4 Å². The largest absolute Gasteiger partial charge is 0.327 e. The molecule has 2 aromatic rings. The number of nitrogens with one attached hydrogen (secondary N) is 2. The van der Waals surface area contributed by atoms with Gasteiger partial charge >= 0.3 is 0 Å². The second kappa shape index (κ2) is 7.87. The van der Waals surface area contributed by atoms with Gasteiger partial charge < -0.3 is 22.1 Å². The summed E-state index contributed by atoms with van der Waals surface area (Å²) in [6, 6.07) is 15.9. The number of amides is 2. The van der Waals surface area contributed by atoms with Crippen LogP contribution >= 0.6 is 0 Å². The summed E-state index contributed by atoms with van der Waals surface area (Å²) in [4.78, 5) is 25.7. The molecule has 6 N–H and O–H groups in total. The fourth-order valence-electron chi connectivity index (χ4n) is 5.41. The molecule has 166 valence electrons. The van der Waals surface area contributed by atoms with Crippen molar-refractivity contribution in [2.45, 2.75) is 51.1 Å². The van der Waals surface area contributed by atoms with Crippen LogP contribution in [0.2, 0.25) is 0 Å². The highest BCUT2D eigenvalue weighted by Crippen LogP contribution is 2.73. The molecule has 0 aromatic heterocycles. The number of allylic oxidation sites excluding steroid dienone is 1. The average molecular weight is 431 g/mol. The third kappa shape index (κ3) is 3.63. The molecule has 0 saturated heterocycles. The molecule has 2 aromatic carbocycles. The minimum Gasteiger partial charge on any atom is -0.327 e. The fraction of sp³-hybridized carbons (Fsp3) is 0.385. The van der Waals surface area contributed by atoms with Gasteiger partial charge in [-0.2, -0.15) is 0 Å². The molecule has 0 spiro atoms. The van der Waals surface area contributed by atoms with Gasteiger partial charge in [0, 0.05) is 24.0 Å².